The molecule has 0 aliphatic heterocycles. The maximum absolute atomic E-state index is 12.9. The van der Waals surface area contributed by atoms with Gasteiger partial charge in [0, 0.05) is 27.9 Å². The van der Waals surface area contributed by atoms with Crippen LogP contribution in [-0.2, 0) is 17.9 Å². The number of carbonyl (C=O) groups is 2. The van der Waals surface area contributed by atoms with Gasteiger partial charge < -0.3 is 11.1 Å². The van der Waals surface area contributed by atoms with E-state index >= 15 is 0 Å². The van der Waals surface area contributed by atoms with E-state index in [0.717, 1.165) is 16.0 Å². The van der Waals surface area contributed by atoms with E-state index in [4.69, 9.17) is 5.73 Å². The number of thiophene rings is 2. The lowest BCUT2D eigenvalue weighted by Crippen LogP contribution is -2.32. The molecular formula is C20H16N4O3S2. The smallest absolute Gasteiger partial charge is 0.263 e. The number of rotatable bonds is 6. The molecule has 4 rings (SSSR count). The third kappa shape index (κ3) is 3.96. The molecule has 1 aromatic carbocycles. The second-order valence-electron chi connectivity index (χ2n) is 6.33. The first-order valence-electron chi connectivity index (χ1n) is 8.69. The summed E-state index contributed by atoms with van der Waals surface area (Å²) in [6, 6.07) is 10.6. The molecule has 29 heavy (non-hydrogen) atoms. The molecule has 0 saturated carbocycles. The van der Waals surface area contributed by atoms with Crippen LogP contribution in [0.4, 0.5) is 0 Å². The number of fused-ring (bicyclic) bond motifs is 1. The molecule has 0 saturated heterocycles. The number of hydrogen-bond donors (Lipinski definition) is 2. The van der Waals surface area contributed by atoms with Crippen LogP contribution in [0.2, 0.25) is 0 Å². The molecule has 4 aromatic rings. The van der Waals surface area contributed by atoms with Crippen LogP contribution in [0.5, 0.6) is 0 Å². The Hall–Kier alpha value is -3.30. The van der Waals surface area contributed by atoms with Gasteiger partial charge in [0.05, 0.1) is 11.7 Å². The van der Waals surface area contributed by atoms with Gasteiger partial charge in [-0.2, -0.15) is 0 Å². The molecule has 0 fully saturated rings. The van der Waals surface area contributed by atoms with Gasteiger partial charge in [0.1, 0.15) is 11.4 Å². The minimum absolute atomic E-state index is 0.142. The van der Waals surface area contributed by atoms with E-state index in [-0.39, 0.29) is 24.6 Å². The van der Waals surface area contributed by atoms with Crippen molar-refractivity contribution >= 4 is 44.7 Å². The summed E-state index contributed by atoms with van der Waals surface area (Å²) in [7, 11) is 0. The molecule has 2 amide bonds. The van der Waals surface area contributed by atoms with Crippen molar-refractivity contribution in [2.45, 2.75) is 13.1 Å². The number of benzene rings is 1. The van der Waals surface area contributed by atoms with Crippen LogP contribution < -0.4 is 16.6 Å². The summed E-state index contributed by atoms with van der Waals surface area (Å²) >= 11 is 2.96. The maximum atomic E-state index is 12.9. The average molecular weight is 425 g/mol. The highest BCUT2D eigenvalue weighted by Gasteiger charge is 2.15. The van der Waals surface area contributed by atoms with Crippen LogP contribution in [0, 0.1) is 0 Å². The molecule has 146 valence electrons. The molecule has 3 heterocycles. The Labute approximate surface area is 173 Å². The van der Waals surface area contributed by atoms with Crippen LogP contribution in [0.15, 0.2) is 58.3 Å². The third-order valence-corrected chi connectivity index (χ3v) is 6.15. The van der Waals surface area contributed by atoms with Gasteiger partial charge in [-0.15, -0.1) is 22.7 Å². The number of primary amides is 1. The zero-order valence-corrected chi connectivity index (χ0v) is 16.8. The van der Waals surface area contributed by atoms with Crippen molar-refractivity contribution in [2.24, 2.45) is 5.73 Å². The standard InChI is InChI=1S/C20H16N4O3S2/c21-18(26)13-4-1-3-12(7-13)8-22-16(25)9-24-11-23-19-17(20(24)27)14(10-29-19)15-5-2-6-28-15/h1-7,10-11H,8-9H2,(H2,21,26)(H,22,25). The van der Waals surface area contributed by atoms with Crippen LogP contribution >= 0.6 is 22.7 Å². The fourth-order valence-electron chi connectivity index (χ4n) is 2.94. The number of hydrogen-bond acceptors (Lipinski definition) is 6. The Bertz CT molecular complexity index is 1260. The van der Waals surface area contributed by atoms with Gasteiger partial charge >= 0.3 is 0 Å². The average Bonchev–Trinajstić information content (AvgIpc) is 3.38. The summed E-state index contributed by atoms with van der Waals surface area (Å²) in [6.07, 6.45) is 1.40. The van der Waals surface area contributed by atoms with Crippen LogP contribution in [0.25, 0.3) is 20.7 Å². The van der Waals surface area contributed by atoms with E-state index in [1.54, 1.807) is 35.6 Å². The van der Waals surface area contributed by atoms with Crippen LogP contribution in [-0.4, -0.2) is 21.4 Å². The first kappa shape index (κ1) is 19.0. The monoisotopic (exact) mass is 424 g/mol. The second kappa shape index (κ2) is 7.98. The molecule has 3 aromatic heterocycles. The van der Waals surface area contributed by atoms with Gasteiger partial charge in [0.25, 0.3) is 5.56 Å². The van der Waals surface area contributed by atoms with E-state index in [0.29, 0.717) is 15.8 Å². The van der Waals surface area contributed by atoms with E-state index in [2.05, 4.69) is 10.3 Å². The first-order valence-corrected chi connectivity index (χ1v) is 10.4. The van der Waals surface area contributed by atoms with Crippen LogP contribution in [0.3, 0.4) is 0 Å². The zero-order chi connectivity index (χ0) is 20.4. The summed E-state index contributed by atoms with van der Waals surface area (Å²) in [5, 5.41) is 7.15. The van der Waals surface area contributed by atoms with Gasteiger partial charge in [-0.3, -0.25) is 19.0 Å². The fourth-order valence-corrected chi connectivity index (χ4v) is 4.66. The van der Waals surface area contributed by atoms with Crippen molar-refractivity contribution in [1.29, 1.82) is 0 Å². The number of nitrogens with zero attached hydrogens (tertiary/aromatic N) is 2. The lowest BCUT2D eigenvalue weighted by atomic mass is 10.1. The number of aromatic nitrogens is 2. The summed E-state index contributed by atoms with van der Waals surface area (Å²) in [4.78, 5) is 42.5. The molecule has 0 aliphatic rings. The van der Waals surface area contributed by atoms with Gasteiger partial charge in [0.2, 0.25) is 11.8 Å². The van der Waals surface area contributed by atoms with Gasteiger partial charge in [-0.25, -0.2) is 4.98 Å². The SMILES string of the molecule is NC(=O)c1cccc(CNC(=O)Cn2cnc3scc(-c4cccs4)c3c2=O)c1. The second-order valence-corrected chi connectivity index (χ2v) is 8.13. The predicted octanol–water partition coefficient (Wildman–Crippen LogP) is 2.60. The molecule has 0 aliphatic carbocycles. The van der Waals surface area contributed by atoms with Crippen molar-refractivity contribution in [3.05, 3.63) is 75.0 Å². The largest absolute Gasteiger partial charge is 0.366 e. The summed E-state index contributed by atoms with van der Waals surface area (Å²) < 4.78 is 1.31. The topological polar surface area (TPSA) is 107 Å². The number of nitrogens with two attached hydrogens (primary N) is 1. The lowest BCUT2D eigenvalue weighted by Gasteiger charge is -2.08. The minimum atomic E-state index is -0.526. The first-order chi connectivity index (χ1) is 14.0. The molecule has 3 N–H and O–H groups in total. The number of nitrogens with one attached hydrogen (secondary N) is 1. The van der Waals surface area contributed by atoms with Crippen molar-refractivity contribution in [1.82, 2.24) is 14.9 Å². The van der Waals surface area contributed by atoms with E-state index in [9.17, 15) is 14.4 Å². The molecule has 0 unspecified atom stereocenters. The van der Waals surface area contributed by atoms with Crippen molar-refractivity contribution in [3.63, 3.8) is 0 Å². The normalized spacial score (nSPS) is 10.9. The fraction of sp³-hybridized carbons (Fsp3) is 0.100. The Kier molecular flexibility index (Phi) is 5.24. The highest BCUT2D eigenvalue weighted by atomic mass is 32.1. The molecule has 7 nitrogen and oxygen atoms in total. The lowest BCUT2D eigenvalue weighted by molar-refractivity contribution is -0.121. The van der Waals surface area contributed by atoms with Crippen molar-refractivity contribution in [2.75, 3.05) is 0 Å². The highest BCUT2D eigenvalue weighted by molar-refractivity contribution is 7.18. The Morgan fingerprint density at radius 2 is 2.03 bits per heavy atom. The molecule has 0 bridgehead atoms. The van der Waals surface area contributed by atoms with Gasteiger partial charge in [-0.05, 0) is 29.1 Å². The van der Waals surface area contributed by atoms with E-state index < -0.39 is 5.91 Å². The highest BCUT2D eigenvalue weighted by Crippen LogP contribution is 2.33. The third-order valence-electron chi connectivity index (χ3n) is 4.36. The van der Waals surface area contributed by atoms with Gasteiger partial charge in [0.15, 0.2) is 0 Å². The molecule has 0 radical (unpaired) electrons. The van der Waals surface area contributed by atoms with E-state index in [1.165, 1.54) is 22.2 Å². The predicted molar refractivity (Wildman–Crippen MR) is 114 cm³/mol. The Morgan fingerprint density at radius 1 is 1.17 bits per heavy atom. The van der Waals surface area contributed by atoms with Gasteiger partial charge in [-0.1, -0.05) is 18.2 Å². The quantitative estimate of drug-likeness (QED) is 0.496. The van der Waals surface area contributed by atoms with Crippen molar-refractivity contribution in [3.8, 4) is 10.4 Å². The Morgan fingerprint density at radius 3 is 2.79 bits per heavy atom. The summed E-state index contributed by atoms with van der Waals surface area (Å²) in [6.45, 7) is 0.0836. The van der Waals surface area contributed by atoms with E-state index in [1.807, 2.05) is 22.9 Å². The molecule has 9 heteroatoms. The zero-order valence-electron chi connectivity index (χ0n) is 15.1. The maximum Gasteiger partial charge on any atom is 0.263 e. The molecular weight excluding hydrogens is 408 g/mol. The Balaban J connectivity index is 1.52. The minimum Gasteiger partial charge on any atom is -0.366 e. The molecule has 0 atom stereocenters. The van der Waals surface area contributed by atoms with Crippen molar-refractivity contribution < 1.29 is 9.59 Å². The summed E-state index contributed by atoms with van der Waals surface area (Å²) in [5.41, 5.74) is 6.99. The summed E-state index contributed by atoms with van der Waals surface area (Å²) in [5.74, 6) is -0.855. The van der Waals surface area contributed by atoms with Crippen LogP contribution in [0.1, 0.15) is 15.9 Å². The number of amides is 2. The number of carbonyl (C=O) groups excluding carboxylic acids is 2. The molecule has 0 spiro atoms.